The Bertz CT molecular complexity index is 823. The average Bonchev–Trinajstić information content (AvgIpc) is 2.58. The standard InChI is InChI=1S/C18H18BrN5/c1-12-10-15(19)8-9-16(12)22-17-11-20-24-18(23-17)21-13(2)14-6-4-3-5-7-14/h3-11,13H,1-2H3,(H2,21,22,23,24). The third-order valence-electron chi connectivity index (χ3n) is 3.66. The number of aromatic nitrogens is 3. The molecule has 1 heterocycles. The topological polar surface area (TPSA) is 62.7 Å². The summed E-state index contributed by atoms with van der Waals surface area (Å²) in [5.41, 5.74) is 3.28. The predicted molar refractivity (Wildman–Crippen MR) is 100 cm³/mol. The molecule has 0 saturated carbocycles. The highest BCUT2D eigenvalue weighted by atomic mass is 79.9. The summed E-state index contributed by atoms with van der Waals surface area (Å²) in [7, 11) is 0. The molecule has 0 aliphatic heterocycles. The first-order valence-corrected chi connectivity index (χ1v) is 8.45. The van der Waals surface area contributed by atoms with Gasteiger partial charge in [0.25, 0.3) is 0 Å². The molecule has 5 nitrogen and oxygen atoms in total. The molecule has 1 unspecified atom stereocenters. The lowest BCUT2D eigenvalue weighted by atomic mass is 10.1. The number of aryl methyl sites for hydroxylation is 1. The van der Waals surface area contributed by atoms with Gasteiger partial charge in [0.05, 0.1) is 12.2 Å². The molecule has 3 aromatic rings. The lowest BCUT2D eigenvalue weighted by molar-refractivity contribution is 0.841. The summed E-state index contributed by atoms with van der Waals surface area (Å²) in [5, 5.41) is 14.6. The first-order chi connectivity index (χ1) is 11.6. The Balaban J connectivity index is 1.74. The maximum absolute atomic E-state index is 4.49. The molecule has 0 radical (unpaired) electrons. The molecule has 0 fully saturated rings. The number of nitrogens with one attached hydrogen (secondary N) is 2. The Hall–Kier alpha value is -2.47. The molecule has 0 aliphatic rings. The lowest BCUT2D eigenvalue weighted by Crippen LogP contribution is -2.11. The number of rotatable bonds is 5. The highest BCUT2D eigenvalue weighted by Crippen LogP contribution is 2.23. The fourth-order valence-electron chi connectivity index (χ4n) is 2.35. The van der Waals surface area contributed by atoms with E-state index in [-0.39, 0.29) is 6.04 Å². The van der Waals surface area contributed by atoms with Crippen molar-refractivity contribution < 1.29 is 0 Å². The fourth-order valence-corrected chi connectivity index (χ4v) is 2.82. The first-order valence-electron chi connectivity index (χ1n) is 7.66. The van der Waals surface area contributed by atoms with E-state index in [4.69, 9.17) is 0 Å². The number of hydrogen-bond donors (Lipinski definition) is 2. The largest absolute Gasteiger partial charge is 0.346 e. The summed E-state index contributed by atoms with van der Waals surface area (Å²) < 4.78 is 1.05. The van der Waals surface area contributed by atoms with Crippen molar-refractivity contribution in [3.63, 3.8) is 0 Å². The van der Waals surface area contributed by atoms with Gasteiger partial charge in [-0.1, -0.05) is 46.3 Å². The SMILES string of the molecule is Cc1cc(Br)ccc1Nc1cnnc(NC(C)c2ccccc2)n1. The smallest absolute Gasteiger partial charge is 0.245 e. The Morgan fingerprint density at radius 1 is 1.08 bits per heavy atom. The van der Waals surface area contributed by atoms with Crippen LogP contribution in [0.4, 0.5) is 17.5 Å². The van der Waals surface area contributed by atoms with Gasteiger partial charge in [0, 0.05) is 10.2 Å². The molecule has 1 aromatic heterocycles. The van der Waals surface area contributed by atoms with Crippen molar-refractivity contribution in [2.45, 2.75) is 19.9 Å². The van der Waals surface area contributed by atoms with Crippen LogP contribution in [0.25, 0.3) is 0 Å². The summed E-state index contributed by atoms with van der Waals surface area (Å²) in [6.07, 6.45) is 1.61. The second-order valence-electron chi connectivity index (χ2n) is 5.53. The van der Waals surface area contributed by atoms with Gasteiger partial charge in [-0.15, -0.1) is 5.10 Å². The zero-order valence-electron chi connectivity index (χ0n) is 13.5. The molecule has 0 amide bonds. The number of halogens is 1. The predicted octanol–water partition coefficient (Wildman–Crippen LogP) is 4.86. The number of nitrogens with zero attached hydrogens (tertiary/aromatic N) is 3. The summed E-state index contributed by atoms with van der Waals surface area (Å²) in [6.45, 7) is 4.11. The average molecular weight is 384 g/mol. The Labute approximate surface area is 149 Å². The molecule has 0 aliphatic carbocycles. The highest BCUT2D eigenvalue weighted by Gasteiger charge is 2.08. The molecule has 0 bridgehead atoms. The van der Waals surface area contributed by atoms with Gasteiger partial charge in [-0.05, 0) is 43.2 Å². The molecular formula is C18H18BrN5. The van der Waals surface area contributed by atoms with Crippen LogP contribution in [0.15, 0.2) is 59.2 Å². The molecule has 122 valence electrons. The zero-order valence-corrected chi connectivity index (χ0v) is 15.1. The Morgan fingerprint density at radius 3 is 2.62 bits per heavy atom. The van der Waals surface area contributed by atoms with E-state index < -0.39 is 0 Å². The second-order valence-corrected chi connectivity index (χ2v) is 6.44. The van der Waals surface area contributed by atoms with Crippen LogP contribution in [0.2, 0.25) is 0 Å². The van der Waals surface area contributed by atoms with Gasteiger partial charge in [0.2, 0.25) is 5.95 Å². The minimum atomic E-state index is 0.0951. The minimum Gasteiger partial charge on any atom is -0.346 e. The van der Waals surface area contributed by atoms with Crippen molar-refractivity contribution in [3.8, 4) is 0 Å². The Kier molecular flexibility index (Phi) is 5.05. The van der Waals surface area contributed by atoms with Gasteiger partial charge in [-0.2, -0.15) is 10.1 Å². The molecule has 6 heteroatoms. The van der Waals surface area contributed by atoms with Gasteiger partial charge in [0.15, 0.2) is 5.82 Å². The minimum absolute atomic E-state index is 0.0951. The normalized spacial score (nSPS) is 11.8. The van der Waals surface area contributed by atoms with Crippen molar-refractivity contribution in [1.29, 1.82) is 0 Å². The van der Waals surface area contributed by atoms with E-state index in [1.807, 2.05) is 43.3 Å². The molecule has 2 aromatic carbocycles. The van der Waals surface area contributed by atoms with E-state index in [2.05, 4.69) is 60.8 Å². The van der Waals surface area contributed by atoms with Crippen LogP contribution in [0.1, 0.15) is 24.1 Å². The molecule has 1 atom stereocenters. The monoisotopic (exact) mass is 383 g/mol. The van der Waals surface area contributed by atoms with E-state index in [1.54, 1.807) is 6.20 Å². The van der Waals surface area contributed by atoms with E-state index in [1.165, 1.54) is 5.56 Å². The zero-order chi connectivity index (χ0) is 16.9. The van der Waals surface area contributed by atoms with Crippen LogP contribution in [0.3, 0.4) is 0 Å². The van der Waals surface area contributed by atoms with Crippen LogP contribution in [-0.2, 0) is 0 Å². The quantitative estimate of drug-likeness (QED) is 0.658. The summed E-state index contributed by atoms with van der Waals surface area (Å²) in [4.78, 5) is 4.49. The summed E-state index contributed by atoms with van der Waals surface area (Å²) in [5.74, 6) is 1.14. The van der Waals surface area contributed by atoms with Crippen molar-refractivity contribution in [3.05, 3.63) is 70.3 Å². The Morgan fingerprint density at radius 2 is 1.88 bits per heavy atom. The first kappa shape index (κ1) is 16.4. The maximum atomic E-state index is 4.49. The van der Waals surface area contributed by atoms with Crippen LogP contribution in [0, 0.1) is 6.92 Å². The van der Waals surface area contributed by atoms with Crippen LogP contribution >= 0.6 is 15.9 Å². The summed E-state index contributed by atoms with van der Waals surface area (Å²) in [6, 6.07) is 16.3. The van der Waals surface area contributed by atoms with Gasteiger partial charge < -0.3 is 10.6 Å². The highest BCUT2D eigenvalue weighted by molar-refractivity contribution is 9.10. The fraction of sp³-hybridized carbons (Fsp3) is 0.167. The van der Waals surface area contributed by atoms with E-state index in [0.717, 1.165) is 15.7 Å². The van der Waals surface area contributed by atoms with Gasteiger partial charge in [0.1, 0.15) is 0 Å². The lowest BCUT2D eigenvalue weighted by Gasteiger charge is -2.14. The van der Waals surface area contributed by atoms with Crippen molar-refractivity contribution in [2.75, 3.05) is 10.6 Å². The number of hydrogen-bond acceptors (Lipinski definition) is 5. The number of benzene rings is 2. The third-order valence-corrected chi connectivity index (χ3v) is 4.15. The van der Waals surface area contributed by atoms with Gasteiger partial charge in [-0.25, -0.2) is 0 Å². The molecule has 3 rings (SSSR count). The van der Waals surface area contributed by atoms with Crippen LogP contribution in [0.5, 0.6) is 0 Å². The number of anilines is 3. The van der Waals surface area contributed by atoms with E-state index in [0.29, 0.717) is 11.8 Å². The molecular weight excluding hydrogens is 366 g/mol. The molecule has 0 saturated heterocycles. The second kappa shape index (κ2) is 7.40. The van der Waals surface area contributed by atoms with Crippen LogP contribution in [-0.4, -0.2) is 15.2 Å². The van der Waals surface area contributed by atoms with E-state index in [9.17, 15) is 0 Å². The third kappa shape index (κ3) is 4.08. The molecule has 24 heavy (non-hydrogen) atoms. The van der Waals surface area contributed by atoms with Crippen molar-refractivity contribution >= 4 is 33.4 Å². The maximum Gasteiger partial charge on any atom is 0.245 e. The van der Waals surface area contributed by atoms with Gasteiger partial charge >= 0.3 is 0 Å². The van der Waals surface area contributed by atoms with Gasteiger partial charge in [-0.3, -0.25) is 0 Å². The van der Waals surface area contributed by atoms with Crippen molar-refractivity contribution in [2.24, 2.45) is 0 Å². The molecule has 2 N–H and O–H groups in total. The molecule has 0 spiro atoms. The van der Waals surface area contributed by atoms with Crippen LogP contribution < -0.4 is 10.6 Å². The van der Waals surface area contributed by atoms with Crippen molar-refractivity contribution in [1.82, 2.24) is 15.2 Å². The summed E-state index contributed by atoms with van der Waals surface area (Å²) >= 11 is 3.47. The van der Waals surface area contributed by atoms with E-state index >= 15 is 0 Å².